The van der Waals surface area contributed by atoms with Crippen molar-refractivity contribution in [3.63, 3.8) is 0 Å². The molecule has 1 saturated carbocycles. The highest BCUT2D eigenvalue weighted by molar-refractivity contribution is 5.81. The van der Waals surface area contributed by atoms with Crippen molar-refractivity contribution < 1.29 is 43.1 Å². The van der Waals surface area contributed by atoms with E-state index in [0.29, 0.717) is 31.4 Å². The van der Waals surface area contributed by atoms with Crippen LogP contribution in [0.1, 0.15) is 198 Å². The van der Waals surface area contributed by atoms with Crippen molar-refractivity contribution in [3.8, 4) is 0 Å². The summed E-state index contributed by atoms with van der Waals surface area (Å²) in [7, 11) is 9.16. The highest BCUT2D eigenvalue weighted by atomic mass is 16.5. The third-order valence-corrected chi connectivity index (χ3v) is 9.86. The summed E-state index contributed by atoms with van der Waals surface area (Å²) in [5.41, 5.74) is -0.0542. The molecule has 438 valence electrons. The molecule has 0 radical (unpaired) electrons. The van der Waals surface area contributed by atoms with Gasteiger partial charge in [-0.1, -0.05) is 139 Å². The zero-order valence-electron chi connectivity index (χ0n) is 51.5. The van der Waals surface area contributed by atoms with Crippen molar-refractivity contribution >= 4 is 47.0 Å². The molecule has 0 aliphatic heterocycles. The molecule has 0 heterocycles. The molecule has 0 unspecified atom stereocenters. The lowest BCUT2D eigenvalue weighted by molar-refractivity contribution is -0.132. The van der Waals surface area contributed by atoms with Gasteiger partial charge in [-0.15, -0.1) is 0 Å². The fourth-order valence-corrected chi connectivity index (χ4v) is 3.78. The van der Waals surface area contributed by atoms with Gasteiger partial charge in [0.15, 0.2) is 0 Å². The van der Waals surface area contributed by atoms with E-state index in [2.05, 4.69) is 33.5 Å². The molecule has 0 bridgehead atoms. The molecule has 5 N–H and O–H groups in total. The van der Waals surface area contributed by atoms with Gasteiger partial charge in [0.25, 0.3) is 0 Å². The van der Waals surface area contributed by atoms with E-state index in [1.165, 1.54) is 12.8 Å². The monoisotopic (exact) mass is 1050 g/mol. The molecule has 6 amide bonds. The predicted octanol–water partition coefficient (Wildman–Crippen LogP) is 9.37. The van der Waals surface area contributed by atoms with Crippen LogP contribution in [0.3, 0.4) is 0 Å². The standard InChI is InChI=1S/C9H19NO.C8H18N2O.C8H17NO2.C7H13NO.C7H15NO.C6H13NO.C6H12O.C5H10O.CH4/c1-6-9(4,5)10-8(11)7(2)3;1-7(2)8(11)9-5-6-10(3)4;1-7(2)8(10)9-5-4-6-11-3;1-5(2)7(9)8-6-3-4-6;1-4-5-8-7(9)6(2)3;1-5(2)6(8)7(3)4;1-4-6(7)5(2)3;1-4(2)5(3)6;/h7H,6H2,1-5H3,(H,10,11);7H,5-6H2,1-4H3,(H,9,11);7H,4-6H2,1-3H3,(H,9,10);5-6H,3-4H2,1-2H3,(H,8,9);6H,4-5H2,1-3H3,(H,8,9);5H,1-4H3;5H,4H2,1-3H3;4H,1-3H3;1H4. The average Bonchev–Trinajstić information content (AvgIpc) is 4.11. The summed E-state index contributed by atoms with van der Waals surface area (Å²) in [6.07, 6.45) is 5.90. The van der Waals surface area contributed by atoms with E-state index in [4.69, 9.17) is 4.74 Å². The molecule has 0 aromatic carbocycles. The number of methoxy groups -OCH3 is 1. The van der Waals surface area contributed by atoms with E-state index in [0.717, 1.165) is 38.9 Å². The first kappa shape index (κ1) is 85.8. The lowest BCUT2D eigenvalue weighted by Crippen LogP contribution is -2.44. The Morgan fingerprint density at radius 1 is 0.548 bits per heavy atom. The Balaban J connectivity index is -0.000000111. The summed E-state index contributed by atoms with van der Waals surface area (Å²) in [6, 6.07) is 0.514. The van der Waals surface area contributed by atoms with Crippen molar-refractivity contribution in [1.29, 1.82) is 0 Å². The Labute approximate surface area is 450 Å². The van der Waals surface area contributed by atoms with Crippen molar-refractivity contribution in [3.05, 3.63) is 0 Å². The predicted molar refractivity (Wildman–Crippen MR) is 308 cm³/mol. The second-order valence-corrected chi connectivity index (χ2v) is 21.4. The molecule has 0 atom stereocenters. The first-order chi connectivity index (χ1) is 32.9. The van der Waals surface area contributed by atoms with Crippen LogP contribution in [0, 0.1) is 47.3 Å². The number of carbonyl (C=O) groups excluding carboxylic acids is 8. The Morgan fingerprint density at radius 2 is 0.918 bits per heavy atom. The maximum Gasteiger partial charge on any atom is 0.224 e. The zero-order chi connectivity index (χ0) is 58.5. The highest BCUT2D eigenvalue weighted by Crippen LogP contribution is 2.19. The molecule has 1 rings (SSSR count). The molecule has 16 heteroatoms. The number of ketones is 2. The van der Waals surface area contributed by atoms with E-state index in [1.807, 2.05) is 157 Å². The topological polar surface area (TPSA) is 212 Å². The Kier molecular flexibility index (Phi) is 62.2. The van der Waals surface area contributed by atoms with Crippen molar-refractivity contribution in [2.24, 2.45) is 47.3 Å². The quantitative estimate of drug-likeness (QED) is 0.0687. The minimum atomic E-state index is -0.0542. The number of nitrogens with zero attached hydrogens (tertiary/aromatic N) is 2. The fourth-order valence-electron chi connectivity index (χ4n) is 3.78. The first-order valence-corrected chi connectivity index (χ1v) is 26.7. The molecule has 16 nitrogen and oxygen atoms in total. The maximum absolute atomic E-state index is 11.2. The number of hydrogen-bond donors (Lipinski definition) is 5. The van der Waals surface area contributed by atoms with Crippen LogP contribution in [-0.2, 0) is 43.1 Å². The number of likely N-dealkylation sites (N-methyl/N-ethyl adjacent to an activating group) is 1. The summed E-state index contributed by atoms with van der Waals surface area (Å²) in [5.74, 6) is 2.61. The molecule has 1 aliphatic rings. The summed E-state index contributed by atoms with van der Waals surface area (Å²) in [5, 5.41) is 14.3. The average molecular weight is 1050 g/mol. The summed E-state index contributed by atoms with van der Waals surface area (Å²) >= 11 is 0. The van der Waals surface area contributed by atoms with Crippen LogP contribution in [0.5, 0.6) is 0 Å². The molecular formula is C57H121N7O9. The van der Waals surface area contributed by atoms with E-state index in [1.54, 1.807) is 33.0 Å². The van der Waals surface area contributed by atoms with Gasteiger partial charge in [-0.25, -0.2) is 0 Å². The molecular weight excluding hydrogens is 927 g/mol. The number of amides is 6. The number of rotatable bonds is 21. The number of hydrogen-bond acceptors (Lipinski definition) is 10. The van der Waals surface area contributed by atoms with Crippen LogP contribution in [0.25, 0.3) is 0 Å². The number of carbonyl (C=O) groups is 8. The van der Waals surface area contributed by atoms with Crippen LogP contribution in [-0.4, -0.2) is 136 Å². The van der Waals surface area contributed by atoms with Gasteiger partial charge in [-0.2, -0.15) is 0 Å². The lowest BCUT2D eigenvalue weighted by Gasteiger charge is -2.25. The maximum atomic E-state index is 11.2. The first-order valence-electron chi connectivity index (χ1n) is 26.7. The van der Waals surface area contributed by atoms with Crippen molar-refractivity contribution in [2.75, 3.05) is 68.1 Å². The summed E-state index contributed by atoms with van der Waals surface area (Å²) < 4.78 is 4.83. The Hall–Kier alpha value is -3.92. The zero-order valence-corrected chi connectivity index (χ0v) is 51.5. The van der Waals surface area contributed by atoms with Gasteiger partial charge in [0, 0.05) is 119 Å². The molecule has 73 heavy (non-hydrogen) atoms. The van der Waals surface area contributed by atoms with Gasteiger partial charge in [-0.3, -0.25) is 38.4 Å². The van der Waals surface area contributed by atoms with Gasteiger partial charge in [0.05, 0.1) is 0 Å². The van der Waals surface area contributed by atoms with Crippen LogP contribution < -0.4 is 26.6 Å². The minimum Gasteiger partial charge on any atom is -0.385 e. The smallest absolute Gasteiger partial charge is 0.224 e. The van der Waals surface area contributed by atoms with E-state index < -0.39 is 0 Å². The van der Waals surface area contributed by atoms with Crippen LogP contribution >= 0.6 is 0 Å². The number of Topliss-reactive ketones (excluding diaryl/α,β-unsaturated/α-hetero) is 2. The number of nitrogens with one attached hydrogen (secondary N) is 5. The third-order valence-electron chi connectivity index (χ3n) is 9.86. The largest absolute Gasteiger partial charge is 0.385 e. The molecule has 0 aromatic heterocycles. The molecule has 0 aromatic rings. The molecule has 1 fully saturated rings. The Bertz CT molecular complexity index is 1390. The molecule has 0 spiro atoms. The Morgan fingerprint density at radius 3 is 1.14 bits per heavy atom. The second-order valence-electron chi connectivity index (χ2n) is 21.4. The van der Waals surface area contributed by atoms with Crippen molar-refractivity contribution in [2.45, 2.75) is 210 Å². The number of ether oxygens (including phenoxy) is 1. The second kappa shape index (κ2) is 52.9. The lowest BCUT2D eigenvalue weighted by atomic mass is 10.0. The van der Waals surface area contributed by atoms with Crippen LogP contribution in [0.4, 0.5) is 0 Å². The van der Waals surface area contributed by atoms with Gasteiger partial charge < -0.3 is 41.1 Å². The van der Waals surface area contributed by atoms with Crippen molar-refractivity contribution in [1.82, 2.24) is 36.4 Å². The summed E-state index contributed by atoms with van der Waals surface area (Å²) in [4.78, 5) is 89.9. The summed E-state index contributed by atoms with van der Waals surface area (Å²) in [6.45, 7) is 45.9. The van der Waals surface area contributed by atoms with Crippen LogP contribution in [0.15, 0.2) is 0 Å². The molecule has 1 aliphatic carbocycles. The van der Waals surface area contributed by atoms with Crippen LogP contribution in [0.2, 0.25) is 0 Å². The highest BCUT2D eigenvalue weighted by Gasteiger charge is 2.24. The van der Waals surface area contributed by atoms with Gasteiger partial charge in [0.1, 0.15) is 11.6 Å². The SMILES string of the molecule is C.CC(=O)C(C)C.CC(C)C(=O)N(C)C.CC(C)C(=O)NC1CC1.CC(C)C(=O)NCCN(C)C.CCC(=O)C(C)C.CCC(C)(C)NC(=O)C(C)C.CCCNC(=O)C(C)C.COCCCNC(=O)C(C)C. The van der Waals surface area contributed by atoms with E-state index >= 15 is 0 Å². The third kappa shape index (κ3) is 70.2. The van der Waals surface area contributed by atoms with E-state index in [9.17, 15) is 38.4 Å². The normalized spacial score (nSPS) is 11.1. The van der Waals surface area contributed by atoms with Gasteiger partial charge >= 0.3 is 0 Å². The van der Waals surface area contributed by atoms with Gasteiger partial charge in [0.2, 0.25) is 35.4 Å². The minimum absolute atomic E-state index is 0. The van der Waals surface area contributed by atoms with E-state index in [-0.39, 0.29) is 102 Å². The molecule has 0 saturated heterocycles. The fraction of sp³-hybridized carbons (Fsp3) is 0.860. The van der Waals surface area contributed by atoms with Gasteiger partial charge in [-0.05, 0) is 67.0 Å².